The molecule has 3 N–H and O–H groups in total. The van der Waals surface area contributed by atoms with Gasteiger partial charge in [-0.15, -0.1) is 11.3 Å². The first-order chi connectivity index (χ1) is 15.5. The minimum Gasteiger partial charge on any atom is -0.365 e. The van der Waals surface area contributed by atoms with Crippen molar-refractivity contribution in [3.63, 3.8) is 0 Å². The number of carbonyl (C=O) groups excluding carboxylic acids is 3. The van der Waals surface area contributed by atoms with Crippen molar-refractivity contribution in [2.24, 2.45) is 5.73 Å². The molecule has 0 unspecified atom stereocenters. The summed E-state index contributed by atoms with van der Waals surface area (Å²) in [5.41, 5.74) is 8.46. The summed E-state index contributed by atoms with van der Waals surface area (Å²) in [6, 6.07) is 18.4. The van der Waals surface area contributed by atoms with Gasteiger partial charge in [0.25, 0.3) is 11.8 Å². The van der Waals surface area contributed by atoms with E-state index >= 15 is 0 Å². The maximum atomic E-state index is 13.1. The monoisotopic (exact) mass is 447 g/mol. The van der Waals surface area contributed by atoms with Crippen LogP contribution >= 0.6 is 11.3 Å². The van der Waals surface area contributed by atoms with Crippen LogP contribution in [-0.4, -0.2) is 29.2 Å². The van der Waals surface area contributed by atoms with Crippen molar-refractivity contribution in [3.05, 3.63) is 87.8 Å². The van der Waals surface area contributed by atoms with E-state index in [1.54, 1.807) is 24.3 Å². The number of rotatable bonds is 7. The van der Waals surface area contributed by atoms with Crippen molar-refractivity contribution in [1.82, 2.24) is 4.90 Å². The number of amides is 3. The summed E-state index contributed by atoms with van der Waals surface area (Å²) in [4.78, 5) is 40.9. The Morgan fingerprint density at radius 1 is 0.938 bits per heavy atom. The average molecular weight is 448 g/mol. The van der Waals surface area contributed by atoms with E-state index in [2.05, 4.69) is 5.32 Å². The lowest BCUT2D eigenvalue weighted by Crippen LogP contribution is -2.37. The molecule has 0 saturated carbocycles. The Balaban J connectivity index is 1.56. The quantitative estimate of drug-likeness (QED) is 0.573. The van der Waals surface area contributed by atoms with E-state index < -0.39 is 5.91 Å². The van der Waals surface area contributed by atoms with Crippen LogP contribution in [0, 0.1) is 0 Å². The largest absolute Gasteiger partial charge is 0.365 e. The van der Waals surface area contributed by atoms with E-state index in [9.17, 15) is 14.4 Å². The molecule has 1 aliphatic rings. The highest BCUT2D eigenvalue weighted by atomic mass is 32.1. The standard InChI is InChI=1S/C25H25N3O3S/c26-23(30)22-19-13-7-8-14-20(19)32-24(22)27-21(29)16-28(15-17-9-3-1-4-10-17)25(31)18-11-5-2-6-12-18/h1-6,9-12H,7-8,13-16H2,(H2,26,30)(H,27,29). The van der Waals surface area contributed by atoms with E-state index in [-0.39, 0.29) is 18.4 Å². The third-order valence-electron chi connectivity index (χ3n) is 5.53. The minimum absolute atomic E-state index is 0.136. The third kappa shape index (κ3) is 4.89. The van der Waals surface area contributed by atoms with Gasteiger partial charge in [0, 0.05) is 17.0 Å². The molecule has 0 atom stereocenters. The van der Waals surface area contributed by atoms with Gasteiger partial charge in [0.1, 0.15) is 11.5 Å². The molecule has 3 aromatic rings. The van der Waals surface area contributed by atoms with E-state index in [1.165, 1.54) is 16.2 Å². The molecule has 4 rings (SSSR count). The molecular weight excluding hydrogens is 422 g/mol. The predicted octanol–water partition coefficient (Wildman–Crippen LogP) is 4.01. The Morgan fingerprint density at radius 3 is 2.28 bits per heavy atom. The zero-order valence-corrected chi connectivity index (χ0v) is 18.5. The number of anilines is 1. The molecule has 6 nitrogen and oxygen atoms in total. The van der Waals surface area contributed by atoms with Gasteiger partial charge in [0.15, 0.2) is 0 Å². The molecule has 0 spiro atoms. The van der Waals surface area contributed by atoms with Crippen molar-refractivity contribution >= 4 is 34.1 Å². The van der Waals surface area contributed by atoms with Gasteiger partial charge in [-0.1, -0.05) is 48.5 Å². The summed E-state index contributed by atoms with van der Waals surface area (Å²) in [7, 11) is 0. The molecule has 2 aromatic carbocycles. The van der Waals surface area contributed by atoms with Crippen LogP contribution in [0.4, 0.5) is 5.00 Å². The number of primary amides is 1. The molecule has 0 radical (unpaired) electrons. The molecular formula is C25H25N3O3S. The van der Waals surface area contributed by atoms with E-state index in [0.29, 0.717) is 22.7 Å². The SMILES string of the molecule is NC(=O)c1c(NC(=O)CN(Cc2ccccc2)C(=O)c2ccccc2)sc2c1CCCC2. The fourth-order valence-electron chi connectivity index (χ4n) is 4.02. The summed E-state index contributed by atoms with van der Waals surface area (Å²) in [6.45, 7) is 0.162. The van der Waals surface area contributed by atoms with Crippen LogP contribution in [0.3, 0.4) is 0 Å². The van der Waals surface area contributed by atoms with Crippen molar-refractivity contribution in [2.75, 3.05) is 11.9 Å². The van der Waals surface area contributed by atoms with Crippen LogP contribution in [0.2, 0.25) is 0 Å². The van der Waals surface area contributed by atoms with E-state index in [0.717, 1.165) is 41.7 Å². The normalized spacial score (nSPS) is 12.6. The first kappa shape index (κ1) is 21.8. The van der Waals surface area contributed by atoms with Gasteiger partial charge < -0.3 is 16.0 Å². The highest BCUT2D eigenvalue weighted by molar-refractivity contribution is 7.17. The van der Waals surface area contributed by atoms with Crippen LogP contribution in [0.1, 0.15) is 49.6 Å². The van der Waals surface area contributed by atoms with Gasteiger partial charge in [-0.3, -0.25) is 14.4 Å². The number of carbonyl (C=O) groups is 3. The van der Waals surface area contributed by atoms with Gasteiger partial charge in [-0.2, -0.15) is 0 Å². The average Bonchev–Trinajstić information content (AvgIpc) is 3.17. The molecule has 0 fully saturated rings. The number of hydrogen-bond acceptors (Lipinski definition) is 4. The molecule has 1 heterocycles. The van der Waals surface area contributed by atoms with Crippen LogP contribution in [0.25, 0.3) is 0 Å². The second-order valence-corrected chi connectivity index (χ2v) is 8.95. The maximum absolute atomic E-state index is 13.1. The zero-order valence-electron chi connectivity index (χ0n) is 17.7. The van der Waals surface area contributed by atoms with Gasteiger partial charge in [0.2, 0.25) is 5.91 Å². The molecule has 1 aromatic heterocycles. The minimum atomic E-state index is -0.527. The van der Waals surface area contributed by atoms with Crippen LogP contribution < -0.4 is 11.1 Å². The number of nitrogens with zero attached hydrogens (tertiary/aromatic N) is 1. The fraction of sp³-hybridized carbons (Fsp3) is 0.240. The lowest BCUT2D eigenvalue weighted by molar-refractivity contribution is -0.117. The number of hydrogen-bond donors (Lipinski definition) is 2. The Hall–Kier alpha value is -3.45. The number of aryl methyl sites for hydroxylation is 1. The van der Waals surface area contributed by atoms with Gasteiger partial charge >= 0.3 is 0 Å². The number of nitrogens with one attached hydrogen (secondary N) is 1. The maximum Gasteiger partial charge on any atom is 0.254 e. The van der Waals surface area contributed by atoms with Gasteiger partial charge in [-0.05, 0) is 48.9 Å². The van der Waals surface area contributed by atoms with E-state index in [1.807, 2.05) is 36.4 Å². The number of nitrogens with two attached hydrogens (primary N) is 1. The zero-order chi connectivity index (χ0) is 22.5. The molecule has 1 aliphatic carbocycles. The molecule has 32 heavy (non-hydrogen) atoms. The van der Waals surface area contributed by atoms with Gasteiger partial charge in [-0.25, -0.2) is 0 Å². The summed E-state index contributed by atoms with van der Waals surface area (Å²) in [5, 5.41) is 3.34. The molecule has 0 saturated heterocycles. The lowest BCUT2D eigenvalue weighted by atomic mass is 9.95. The van der Waals surface area contributed by atoms with E-state index in [4.69, 9.17) is 5.73 Å². The number of benzene rings is 2. The number of fused-ring (bicyclic) bond motifs is 1. The fourth-order valence-corrected chi connectivity index (χ4v) is 5.33. The summed E-state index contributed by atoms with van der Waals surface area (Å²) < 4.78 is 0. The van der Waals surface area contributed by atoms with Crippen LogP contribution in [0.5, 0.6) is 0 Å². The highest BCUT2D eigenvalue weighted by Gasteiger charge is 2.26. The highest BCUT2D eigenvalue weighted by Crippen LogP contribution is 2.37. The number of thiophene rings is 1. The second-order valence-electron chi connectivity index (χ2n) is 7.84. The van der Waals surface area contributed by atoms with Crippen molar-refractivity contribution in [1.29, 1.82) is 0 Å². The van der Waals surface area contributed by atoms with Crippen molar-refractivity contribution < 1.29 is 14.4 Å². The second kappa shape index (κ2) is 9.78. The summed E-state index contributed by atoms with van der Waals surface area (Å²) >= 11 is 1.42. The van der Waals surface area contributed by atoms with Crippen molar-refractivity contribution in [3.8, 4) is 0 Å². The first-order valence-electron chi connectivity index (χ1n) is 10.7. The van der Waals surface area contributed by atoms with Crippen molar-refractivity contribution in [2.45, 2.75) is 32.2 Å². The smallest absolute Gasteiger partial charge is 0.254 e. The molecule has 0 aliphatic heterocycles. The third-order valence-corrected chi connectivity index (χ3v) is 6.74. The Labute approximate surface area is 191 Å². The Kier molecular flexibility index (Phi) is 6.66. The molecule has 0 bridgehead atoms. The predicted molar refractivity (Wildman–Crippen MR) is 126 cm³/mol. The summed E-state index contributed by atoms with van der Waals surface area (Å²) in [6.07, 6.45) is 3.76. The van der Waals surface area contributed by atoms with Gasteiger partial charge in [0.05, 0.1) is 5.56 Å². The lowest BCUT2D eigenvalue weighted by Gasteiger charge is -2.22. The van der Waals surface area contributed by atoms with Crippen LogP contribution in [0.15, 0.2) is 60.7 Å². The van der Waals surface area contributed by atoms with Crippen LogP contribution in [-0.2, 0) is 24.2 Å². The Bertz CT molecular complexity index is 1130. The first-order valence-corrected chi connectivity index (χ1v) is 11.5. The molecule has 7 heteroatoms. The molecule has 164 valence electrons. The topological polar surface area (TPSA) is 92.5 Å². The Morgan fingerprint density at radius 2 is 1.59 bits per heavy atom. The summed E-state index contributed by atoms with van der Waals surface area (Å²) in [5.74, 6) is -1.11. The molecule has 3 amide bonds.